The van der Waals surface area contributed by atoms with E-state index in [9.17, 15) is 4.79 Å². The Kier molecular flexibility index (Phi) is 7.87. The lowest BCUT2D eigenvalue weighted by Gasteiger charge is -2.26. The van der Waals surface area contributed by atoms with Gasteiger partial charge in [0.15, 0.2) is 0 Å². The van der Waals surface area contributed by atoms with Crippen molar-refractivity contribution in [2.75, 3.05) is 53.6 Å². The summed E-state index contributed by atoms with van der Waals surface area (Å²) in [5.41, 5.74) is 4.42. The SMILES string of the molecule is COc1ccc(-c2cc(C(=O)NCCCN3CCOCC3)c(C)n2-c2cccc(OC)c2)cc1. The molecule has 34 heavy (non-hydrogen) atoms. The molecule has 2 heterocycles. The average molecular weight is 464 g/mol. The molecular formula is C27H33N3O4. The molecule has 0 aliphatic carbocycles. The van der Waals surface area contributed by atoms with Crippen molar-refractivity contribution in [1.82, 2.24) is 14.8 Å². The van der Waals surface area contributed by atoms with Crippen LogP contribution in [0.25, 0.3) is 16.9 Å². The first-order valence-electron chi connectivity index (χ1n) is 11.7. The minimum Gasteiger partial charge on any atom is -0.497 e. The Morgan fingerprint density at radius 2 is 1.74 bits per heavy atom. The number of benzene rings is 2. The second-order valence-electron chi connectivity index (χ2n) is 8.36. The molecule has 0 spiro atoms. The number of hydrogen-bond donors (Lipinski definition) is 1. The van der Waals surface area contributed by atoms with Gasteiger partial charge in [0.1, 0.15) is 11.5 Å². The molecule has 180 valence electrons. The summed E-state index contributed by atoms with van der Waals surface area (Å²) in [6.45, 7) is 7.08. The van der Waals surface area contributed by atoms with Gasteiger partial charge in [0.25, 0.3) is 5.91 Å². The summed E-state index contributed by atoms with van der Waals surface area (Å²) in [5.74, 6) is 1.49. The monoisotopic (exact) mass is 463 g/mol. The lowest BCUT2D eigenvalue weighted by atomic mass is 10.1. The second kappa shape index (κ2) is 11.2. The molecule has 0 unspecified atom stereocenters. The fourth-order valence-electron chi connectivity index (χ4n) is 4.32. The van der Waals surface area contributed by atoms with Gasteiger partial charge in [-0.2, -0.15) is 0 Å². The van der Waals surface area contributed by atoms with E-state index in [-0.39, 0.29) is 5.91 Å². The Labute approximate surface area is 201 Å². The molecule has 4 rings (SSSR count). The van der Waals surface area contributed by atoms with Gasteiger partial charge in [-0.25, -0.2) is 0 Å². The zero-order valence-corrected chi connectivity index (χ0v) is 20.2. The van der Waals surface area contributed by atoms with E-state index < -0.39 is 0 Å². The minimum atomic E-state index is -0.0594. The van der Waals surface area contributed by atoms with Gasteiger partial charge < -0.3 is 24.1 Å². The van der Waals surface area contributed by atoms with Crippen LogP contribution >= 0.6 is 0 Å². The van der Waals surface area contributed by atoms with Crippen molar-refractivity contribution in [3.8, 4) is 28.4 Å². The standard InChI is InChI=1S/C27H33N3O4/c1-20-25(27(31)28-12-5-13-29-14-16-34-17-15-29)19-26(21-8-10-23(32-2)11-9-21)30(20)22-6-4-7-24(18-22)33-3/h4,6-11,18-19H,5,12-17H2,1-3H3,(H,28,31). The van der Waals surface area contributed by atoms with Gasteiger partial charge in [-0.05, 0) is 67.9 Å². The van der Waals surface area contributed by atoms with Crippen LogP contribution in [0.4, 0.5) is 0 Å². The van der Waals surface area contributed by atoms with Gasteiger partial charge in [0, 0.05) is 37.1 Å². The normalized spacial score (nSPS) is 14.1. The summed E-state index contributed by atoms with van der Waals surface area (Å²) < 4.78 is 18.3. The maximum atomic E-state index is 13.2. The van der Waals surface area contributed by atoms with E-state index in [0.29, 0.717) is 12.1 Å². The van der Waals surface area contributed by atoms with Gasteiger partial charge in [-0.3, -0.25) is 9.69 Å². The Bertz CT molecular complexity index is 1100. The number of morpholine rings is 1. The number of carbonyl (C=O) groups excluding carboxylic acids is 1. The molecule has 7 nitrogen and oxygen atoms in total. The molecule has 1 N–H and O–H groups in total. The predicted molar refractivity (Wildman–Crippen MR) is 133 cm³/mol. The summed E-state index contributed by atoms with van der Waals surface area (Å²) in [5, 5.41) is 3.11. The van der Waals surface area contributed by atoms with Crippen LogP contribution in [0.3, 0.4) is 0 Å². The Morgan fingerprint density at radius 1 is 1.00 bits per heavy atom. The number of aromatic nitrogens is 1. The third-order valence-electron chi connectivity index (χ3n) is 6.23. The van der Waals surface area contributed by atoms with Crippen molar-refractivity contribution in [2.45, 2.75) is 13.3 Å². The van der Waals surface area contributed by atoms with E-state index in [4.69, 9.17) is 14.2 Å². The third kappa shape index (κ3) is 5.43. The first-order chi connectivity index (χ1) is 16.6. The fourth-order valence-corrected chi connectivity index (χ4v) is 4.32. The summed E-state index contributed by atoms with van der Waals surface area (Å²) >= 11 is 0. The summed E-state index contributed by atoms with van der Waals surface area (Å²) in [6.07, 6.45) is 0.909. The number of methoxy groups -OCH3 is 2. The van der Waals surface area contributed by atoms with Gasteiger partial charge in [0.05, 0.1) is 38.7 Å². The van der Waals surface area contributed by atoms with Crippen molar-refractivity contribution in [2.24, 2.45) is 0 Å². The maximum absolute atomic E-state index is 13.2. The summed E-state index contributed by atoms with van der Waals surface area (Å²) in [7, 11) is 3.31. The Morgan fingerprint density at radius 3 is 2.44 bits per heavy atom. The highest BCUT2D eigenvalue weighted by Crippen LogP contribution is 2.31. The molecule has 3 aromatic rings. The maximum Gasteiger partial charge on any atom is 0.253 e. The lowest BCUT2D eigenvalue weighted by molar-refractivity contribution is 0.0374. The van der Waals surface area contributed by atoms with Crippen LogP contribution in [0.2, 0.25) is 0 Å². The third-order valence-corrected chi connectivity index (χ3v) is 6.23. The average Bonchev–Trinajstić information content (AvgIpc) is 3.24. The molecule has 1 aromatic heterocycles. The fraction of sp³-hybridized carbons (Fsp3) is 0.370. The van der Waals surface area contributed by atoms with Crippen LogP contribution in [0.1, 0.15) is 22.5 Å². The molecule has 0 saturated carbocycles. The smallest absolute Gasteiger partial charge is 0.253 e. The van der Waals surface area contributed by atoms with Crippen molar-refractivity contribution >= 4 is 5.91 Å². The molecule has 1 amide bonds. The van der Waals surface area contributed by atoms with Crippen LogP contribution in [-0.4, -0.2) is 69.0 Å². The molecule has 0 radical (unpaired) electrons. The van der Waals surface area contributed by atoms with Crippen LogP contribution in [0.15, 0.2) is 54.6 Å². The summed E-state index contributed by atoms with van der Waals surface area (Å²) in [6, 6.07) is 17.7. The van der Waals surface area contributed by atoms with Gasteiger partial charge in [0.2, 0.25) is 0 Å². The number of carbonyl (C=O) groups is 1. The van der Waals surface area contributed by atoms with E-state index in [1.165, 1.54) is 0 Å². The first-order valence-corrected chi connectivity index (χ1v) is 11.7. The predicted octanol–water partition coefficient (Wildman–Crippen LogP) is 3.92. The van der Waals surface area contributed by atoms with Gasteiger partial charge in [-0.1, -0.05) is 6.07 Å². The Hall–Kier alpha value is -3.29. The highest BCUT2D eigenvalue weighted by molar-refractivity contribution is 5.97. The quantitative estimate of drug-likeness (QED) is 0.488. The molecule has 1 aliphatic rings. The highest BCUT2D eigenvalue weighted by atomic mass is 16.5. The number of hydrogen-bond acceptors (Lipinski definition) is 5. The molecule has 1 saturated heterocycles. The van der Waals surface area contributed by atoms with Crippen LogP contribution < -0.4 is 14.8 Å². The number of nitrogens with one attached hydrogen (secondary N) is 1. The molecule has 1 aliphatic heterocycles. The lowest BCUT2D eigenvalue weighted by Crippen LogP contribution is -2.38. The molecular weight excluding hydrogens is 430 g/mol. The minimum absolute atomic E-state index is 0.0594. The van der Waals surface area contributed by atoms with E-state index in [1.807, 2.05) is 61.5 Å². The number of ether oxygens (including phenoxy) is 3. The number of rotatable bonds is 9. The molecule has 0 bridgehead atoms. The van der Waals surface area contributed by atoms with Crippen LogP contribution in [0, 0.1) is 6.92 Å². The van der Waals surface area contributed by atoms with Gasteiger partial charge in [-0.15, -0.1) is 0 Å². The van der Waals surface area contributed by atoms with Crippen LogP contribution in [0.5, 0.6) is 11.5 Å². The van der Waals surface area contributed by atoms with Crippen LogP contribution in [-0.2, 0) is 4.74 Å². The molecule has 1 fully saturated rings. The number of amides is 1. The first kappa shape index (κ1) is 23.9. The zero-order valence-electron chi connectivity index (χ0n) is 20.2. The van der Waals surface area contributed by atoms with E-state index in [0.717, 1.165) is 73.4 Å². The molecule has 7 heteroatoms. The van der Waals surface area contributed by atoms with Gasteiger partial charge >= 0.3 is 0 Å². The largest absolute Gasteiger partial charge is 0.497 e. The topological polar surface area (TPSA) is 65.0 Å². The van der Waals surface area contributed by atoms with Crippen molar-refractivity contribution < 1.29 is 19.0 Å². The van der Waals surface area contributed by atoms with E-state index in [2.05, 4.69) is 14.8 Å². The number of nitrogens with zero attached hydrogens (tertiary/aromatic N) is 2. The second-order valence-corrected chi connectivity index (χ2v) is 8.36. The molecule has 2 aromatic carbocycles. The Balaban J connectivity index is 1.58. The zero-order chi connectivity index (χ0) is 23.9. The van der Waals surface area contributed by atoms with Crippen molar-refractivity contribution in [3.05, 3.63) is 65.9 Å². The summed E-state index contributed by atoms with van der Waals surface area (Å²) in [4.78, 5) is 15.5. The van der Waals surface area contributed by atoms with E-state index in [1.54, 1.807) is 14.2 Å². The van der Waals surface area contributed by atoms with E-state index >= 15 is 0 Å². The highest BCUT2D eigenvalue weighted by Gasteiger charge is 2.20. The van der Waals surface area contributed by atoms with Crippen molar-refractivity contribution in [1.29, 1.82) is 0 Å². The van der Waals surface area contributed by atoms with Crippen molar-refractivity contribution in [3.63, 3.8) is 0 Å². The molecule has 0 atom stereocenters.